The molecule has 110 valence electrons. The van der Waals surface area contributed by atoms with Crippen molar-refractivity contribution in [3.63, 3.8) is 0 Å². The van der Waals surface area contributed by atoms with E-state index in [1.807, 2.05) is 6.92 Å². The van der Waals surface area contributed by atoms with E-state index in [9.17, 15) is 9.59 Å². The lowest BCUT2D eigenvalue weighted by atomic mass is 10.2. The van der Waals surface area contributed by atoms with Gasteiger partial charge in [-0.2, -0.15) is 0 Å². The number of nitrogens with one attached hydrogen (secondary N) is 2. The van der Waals surface area contributed by atoms with Crippen molar-refractivity contribution < 1.29 is 19.4 Å². The van der Waals surface area contributed by atoms with E-state index in [2.05, 4.69) is 10.6 Å². The van der Waals surface area contributed by atoms with Crippen molar-refractivity contribution in [2.24, 2.45) is 0 Å². The molecule has 0 aromatic carbocycles. The van der Waals surface area contributed by atoms with Gasteiger partial charge >= 0.3 is 12.0 Å². The molecule has 0 saturated carbocycles. The zero-order chi connectivity index (χ0) is 14.1. The summed E-state index contributed by atoms with van der Waals surface area (Å²) in [5.41, 5.74) is 0. The van der Waals surface area contributed by atoms with Crippen LogP contribution in [0.4, 0.5) is 4.79 Å². The molecule has 0 aromatic heterocycles. The molecule has 1 fully saturated rings. The molecule has 1 rings (SSSR count). The largest absolute Gasteiger partial charge is 0.481 e. The highest BCUT2D eigenvalue weighted by Crippen LogP contribution is 2.08. The van der Waals surface area contributed by atoms with Gasteiger partial charge in [0.2, 0.25) is 0 Å². The molecule has 1 aliphatic rings. The highest BCUT2D eigenvalue weighted by Gasteiger charge is 2.25. The summed E-state index contributed by atoms with van der Waals surface area (Å²) >= 11 is 0. The predicted molar refractivity (Wildman–Crippen MR) is 70.1 cm³/mol. The zero-order valence-corrected chi connectivity index (χ0v) is 11.4. The van der Waals surface area contributed by atoms with Gasteiger partial charge in [-0.1, -0.05) is 6.92 Å². The van der Waals surface area contributed by atoms with E-state index in [1.54, 1.807) is 4.90 Å². The Balaban J connectivity index is 2.22. The van der Waals surface area contributed by atoms with Crippen molar-refractivity contribution in [3.05, 3.63) is 0 Å². The lowest BCUT2D eigenvalue weighted by Gasteiger charge is -2.32. The Morgan fingerprint density at radius 2 is 2.21 bits per heavy atom. The summed E-state index contributed by atoms with van der Waals surface area (Å²) in [6.45, 7) is 5.70. The van der Waals surface area contributed by atoms with Gasteiger partial charge in [-0.25, -0.2) is 4.79 Å². The van der Waals surface area contributed by atoms with Crippen molar-refractivity contribution in [1.82, 2.24) is 15.5 Å². The number of nitrogens with zero attached hydrogens (tertiary/aromatic N) is 1. The number of carboxylic acids is 1. The number of carbonyl (C=O) groups is 2. The van der Waals surface area contributed by atoms with Crippen LogP contribution in [0.25, 0.3) is 0 Å². The van der Waals surface area contributed by atoms with Gasteiger partial charge in [0.15, 0.2) is 0 Å². The van der Waals surface area contributed by atoms with Gasteiger partial charge in [-0.15, -0.1) is 0 Å². The van der Waals surface area contributed by atoms with Crippen LogP contribution < -0.4 is 10.6 Å². The summed E-state index contributed by atoms with van der Waals surface area (Å²) in [5, 5.41) is 14.7. The van der Waals surface area contributed by atoms with Crippen molar-refractivity contribution in [2.75, 3.05) is 39.3 Å². The van der Waals surface area contributed by atoms with Gasteiger partial charge in [0, 0.05) is 19.6 Å². The molecule has 2 amide bonds. The first-order chi connectivity index (χ1) is 9.13. The molecule has 0 radical (unpaired) electrons. The van der Waals surface area contributed by atoms with E-state index >= 15 is 0 Å². The highest BCUT2D eigenvalue weighted by molar-refractivity contribution is 5.74. The summed E-state index contributed by atoms with van der Waals surface area (Å²) in [6.07, 6.45) is 0.408. The quantitative estimate of drug-likeness (QED) is 0.562. The number of hydrogen-bond donors (Lipinski definition) is 3. The Hall–Kier alpha value is -1.34. The molecule has 0 aromatic rings. The minimum absolute atomic E-state index is 0.0653. The lowest BCUT2D eigenvalue weighted by Crippen LogP contribution is -2.50. The molecule has 7 nitrogen and oxygen atoms in total. The second kappa shape index (κ2) is 8.71. The fraction of sp³-hybridized carbons (Fsp3) is 0.833. The van der Waals surface area contributed by atoms with E-state index in [0.717, 1.165) is 19.5 Å². The summed E-state index contributed by atoms with van der Waals surface area (Å²) < 4.78 is 5.31. The smallest absolute Gasteiger partial charge is 0.317 e. The van der Waals surface area contributed by atoms with E-state index in [0.29, 0.717) is 26.2 Å². The number of carboxylic acid groups (broad SMARTS) is 1. The number of morpholine rings is 1. The molecule has 0 spiro atoms. The standard InChI is InChI=1S/C12H23N3O4/c1-2-13-4-3-5-14-12(18)15-6-7-19-10(9-15)8-11(16)17/h10,13H,2-9H2,1H3,(H,14,18)(H,16,17). The second-order valence-corrected chi connectivity index (χ2v) is 4.48. The lowest BCUT2D eigenvalue weighted by molar-refractivity contribution is -0.141. The molecule has 1 aliphatic heterocycles. The third kappa shape index (κ3) is 6.40. The fourth-order valence-electron chi connectivity index (χ4n) is 1.92. The van der Waals surface area contributed by atoms with Crippen LogP contribution in [0.3, 0.4) is 0 Å². The molecule has 1 unspecified atom stereocenters. The van der Waals surface area contributed by atoms with Crippen LogP contribution in [0.2, 0.25) is 0 Å². The molecule has 1 atom stereocenters. The normalized spacial score (nSPS) is 19.2. The first kappa shape index (κ1) is 15.7. The first-order valence-corrected chi connectivity index (χ1v) is 6.70. The second-order valence-electron chi connectivity index (χ2n) is 4.48. The van der Waals surface area contributed by atoms with Crippen molar-refractivity contribution in [3.8, 4) is 0 Å². The van der Waals surface area contributed by atoms with Crippen molar-refractivity contribution in [1.29, 1.82) is 0 Å². The Morgan fingerprint density at radius 3 is 2.89 bits per heavy atom. The molecular weight excluding hydrogens is 250 g/mol. The van der Waals surface area contributed by atoms with E-state index < -0.39 is 12.1 Å². The monoisotopic (exact) mass is 273 g/mol. The van der Waals surface area contributed by atoms with Crippen LogP contribution in [0.1, 0.15) is 19.8 Å². The van der Waals surface area contributed by atoms with Crippen LogP contribution in [0.15, 0.2) is 0 Å². The van der Waals surface area contributed by atoms with Gasteiger partial charge in [0.05, 0.1) is 19.1 Å². The minimum atomic E-state index is -0.905. The van der Waals surface area contributed by atoms with E-state index in [-0.39, 0.29) is 12.5 Å². The number of ether oxygens (including phenoxy) is 1. The van der Waals surface area contributed by atoms with Gasteiger partial charge in [-0.05, 0) is 19.5 Å². The maximum absolute atomic E-state index is 11.9. The molecule has 0 bridgehead atoms. The van der Waals surface area contributed by atoms with Crippen molar-refractivity contribution in [2.45, 2.75) is 25.9 Å². The van der Waals surface area contributed by atoms with Crippen LogP contribution in [0.5, 0.6) is 0 Å². The molecule has 0 aliphatic carbocycles. The van der Waals surface area contributed by atoms with Crippen LogP contribution in [-0.2, 0) is 9.53 Å². The van der Waals surface area contributed by atoms with Crippen molar-refractivity contribution >= 4 is 12.0 Å². The van der Waals surface area contributed by atoms with E-state index in [4.69, 9.17) is 9.84 Å². The Labute approximate surface area is 113 Å². The summed E-state index contributed by atoms with van der Waals surface area (Å²) in [5.74, 6) is -0.905. The van der Waals surface area contributed by atoms with Crippen LogP contribution >= 0.6 is 0 Å². The minimum Gasteiger partial charge on any atom is -0.481 e. The predicted octanol–water partition coefficient (Wildman–Crippen LogP) is -0.129. The Kier molecular flexibility index (Phi) is 7.20. The third-order valence-corrected chi connectivity index (χ3v) is 2.88. The molecule has 3 N–H and O–H groups in total. The van der Waals surface area contributed by atoms with Gasteiger partial charge < -0.3 is 25.4 Å². The maximum atomic E-state index is 11.9. The number of carbonyl (C=O) groups excluding carboxylic acids is 1. The zero-order valence-electron chi connectivity index (χ0n) is 11.4. The summed E-state index contributed by atoms with van der Waals surface area (Å²) in [6, 6.07) is -0.143. The Morgan fingerprint density at radius 1 is 1.42 bits per heavy atom. The number of amides is 2. The SMILES string of the molecule is CCNCCCNC(=O)N1CCOC(CC(=O)O)C1. The van der Waals surface area contributed by atoms with Gasteiger partial charge in [0.25, 0.3) is 0 Å². The summed E-state index contributed by atoms with van der Waals surface area (Å²) in [4.78, 5) is 24.1. The topological polar surface area (TPSA) is 90.9 Å². The highest BCUT2D eigenvalue weighted by atomic mass is 16.5. The maximum Gasteiger partial charge on any atom is 0.317 e. The number of rotatable bonds is 7. The van der Waals surface area contributed by atoms with Crippen LogP contribution in [-0.4, -0.2) is 67.4 Å². The third-order valence-electron chi connectivity index (χ3n) is 2.88. The fourth-order valence-corrected chi connectivity index (χ4v) is 1.92. The number of aliphatic carboxylic acids is 1. The van der Waals surface area contributed by atoms with E-state index in [1.165, 1.54) is 0 Å². The summed E-state index contributed by atoms with van der Waals surface area (Å²) in [7, 11) is 0. The average molecular weight is 273 g/mol. The molecule has 1 heterocycles. The first-order valence-electron chi connectivity index (χ1n) is 6.70. The average Bonchev–Trinajstić information content (AvgIpc) is 2.38. The molecule has 1 saturated heterocycles. The molecule has 19 heavy (non-hydrogen) atoms. The number of hydrogen-bond acceptors (Lipinski definition) is 4. The van der Waals surface area contributed by atoms with Crippen LogP contribution in [0, 0.1) is 0 Å². The van der Waals surface area contributed by atoms with Gasteiger partial charge in [0.1, 0.15) is 0 Å². The molecular formula is C12H23N3O4. The van der Waals surface area contributed by atoms with Gasteiger partial charge in [-0.3, -0.25) is 4.79 Å². The Bertz CT molecular complexity index is 299. The number of urea groups is 1. The molecule has 7 heteroatoms.